The summed E-state index contributed by atoms with van der Waals surface area (Å²) < 4.78 is 0. The van der Waals surface area contributed by atoms with Gasteiger partial charge < -0.3 is 21.9 Å². The topological polar surface area (TPSA) is 143 Å². The highest BCUT2D eigenvalue weighted by atomic mass is 16.4. The first-order valence-corrected chi connectivity index (χ1v) is 5.02. The van der Waals surface area contributed by atoms with Crippen LogP contribution in [0, 0.1) is 0 Å². The molecule has 17 heavy (non-hydrogen) atoms. The van der Waals surface area contributed by atoms with Gasteiger partial charge in [-0.15, -0.1) is 10.2 Å². The second kappa shape index (κ2) is 8.08. The molecule has 0 aromatic heterocycles. The van der Waals surface area contributed by atoms with Crippen LogP contribution in [0.5, 0.6) is 0 Å². The van der Waals surface area contributed by atoms with E-state index in [2.05, 4.69) is 15.5 Å². The standard InChI is InChI=1S/C9H17N5O3/c1-6(10)13-14-7(11)5-12-8(15)3-2-4-9(16)17/h2-5H2,1H3,(H2,10,13)(H2,11,14)(H,12,15)(H,16,17). The molecule has 0 saturated carbocycles. The molecule has 0 radical (unpaired) electrons. The Bertz CT molecular complexity index is 334. The van der Waals surface area contributed by atoms with Gasteiger partial charge in [-0.3, -0.25) is 9.59 Å². The van der Waals surface area contributed by atoms with Gasteiger partial charge in [0.1, 0.15) is 11.7 Å². The molecule has 0 bridgehead atoms. The maximum Gasteiger partial charge on any atom is 0.303 e. The van der Waals surface area contributed by atoms with Crippen LogP contribution >= 0.6 is 0 Å². The lowest BCUT2D eigenvalue weighted by atomic mass is 10.2. The number of nitrogens with one attached hydrogen (secondary N) is 1. The van der Waals surface area contributed by atoms with Crippen LogP contribution in [0.15, 0.2) is 10.2 Å². The Morgan fingerprint density at radius 2 is 1.88 bits per heavy atom. The van der Waals surface area contributed by atoms with Gasteiger partial charge in [0, 0.05) is 12.8 Å². The van der Waals surface area contributed by atoms with Crippen molar-refractivity contribution in [3.8, 4) is 0 Å². The number of carbonyl (C=O) groups is 2. The number of hydrogen-bond donors (Lipinski definition) is 4. The Hall–Kier alpha value is -2.12. The minimum absolute atomic E-state index is 0.0341. The minimum atomic E-state index is -0.924. The highest BCUT2D eigenvalue weighted by Crippen LogP contribution is 1.94. The molecular formula is C9H17N5O3. The van der Waals surface area contributed by atoms with E-state index < -0.39 is 5.97 Å². The Morgan fingerprint density at radius 3 is 2.41 bits per heavy atom. The summed E-state index contributed by atoms with van der Waals surface area (Å²) in [7, 11) is 0. The van der Waals surface area contributed by atoms with E-state index in [1.165, 1.54) is 0 Å². The third kappa shape index (κ3) is 10.2. The molecular weight excluding hydrogens is 226 g/mol. The summed E-state index contributed by atoms with van der Waals surface area (Å²) in [6.07, 6.45) is 0.394. The van der Waals surface area contributed by atoms with Gasteiger partial charge in [-0.05, 0) is 13.3 Å². The van der Waals surface area contributed by atoms with E-state index in [4.69, 9.17) is 16.6 Å². The minimum Gasteiger partial charge on any atom is -0.481 e. The second-order valence-electron chi connectivity index (χ2n) is 3.36. The van der Waals surface area contributed by atoms with E-state index in [1.807, 2.05) is 0 Å². The summed E-state index contributed by atoms with van der Waals surface area (Å²) in [5, 5.41) is 17.9. The number of amidine groups is 2. The average molecular weight is 243 g/mol. The lowest BCUT2D eigenvalue weighted by Crippen LogP contribution is -2.33. The highest BCUT2D eigenvalue weighted by Gasteiger charge is 2.03. The van der Waals surface area contributed by atoms with Gasteiger partial charge in [-0.1, -0.05) is 0 Å². The molecule has 96 valence electrons. The van der Waals surface area contributed by atoms with Crippen molar-refractivity contribution in [3.05, 3.63) is 0 Å². The van der Waals surface area contributed by atoms with Crippen molar-refractivity contribution in [1.29, 1.82) is 0 Å². The van der Waals surface area contributed by atoms with Crippen LogP contribution in [0.2, 0.25) is 0 Å². The van der Waals surface area contributed by atoms with Crippen molar-refractivity contribution < 1.29 is 14.7 Å². The van der Waals surface area contributed by atoms with Crippen LogP contribution in [0.4, 0.5) is 0 Å². The molecule has 0 aromatic carbocycles. The van der Waals surface area contributed by atoms with E-state index >= 15 is 0 Å². The normalized spacial score (nSPS) is 12.3. The number of carboxylic acids is 1. The van der Waals surface area contributed by atoms with Crippen molar-refractivity contribution in [2.45, 2.75) is 26.2 Å². The third-order valence-electron chi connectivity index (χ3n) is 1.60. The van der Waals surface area contributed by atoms with Gasteiger partial charge in [-0.2, -0.15) is 0 Å². The molecule has 0 aliphatic carbocycles. The molecule has 0 aliphatic rings. The summed E-state index contributed by atoms with van der Waals surface area (Å²) in [6.45, 7) is 1.62. The van der Waals surface area contributed by atoms with Crippen LogP contribution in [-0.2, 0) is 9.59 Å². The van der Waals surface area contributed by atoms with E-state index in [0.29, 0.717) is 0 Å². The fraction of sp³-hybridized carbons (Fsp3) is 0.556. The molecule has 1 amide bonds. The van der Waals surface area contributed by atoms with Crippen LogP contribution in [-0.4, -0.2) is 35.2 Å². The van der Waals surface area contributed by atoms with E-state index in [1.54, 1.807) is 6.92 Å². The zero-order valence-corrected chi connectivity index (χ0v) is 9.64. The fourth-order valence-electron chi connectivity index (χ4n) is 0.856. The van der Waals surface area contributed by atoms with Crippen molar-refractivity contribution in [2.75, 3.05) is 6.54 Å². The van der Waals surface area contributed by atoms with Crippen LogP contribution in [0.1, 0.15) is 26.2 Å². The van der Waals surface area contributed by atoms with Gasteiger partial charge in [0.05, 0.1) is 6.54 Å². The maximum absolute atomic E-state index is 11.2. The molecule has 0 spiro atoms. The number of carbonyl (C=O) groups excluding carboxylic acids is 1. The summed E-state index contributed by atoms with van der Waals surface area (Å²) in [5.74, 6) is -0.813. The van der Waals surface area contributed by atoms with Gasteiger partial charge in [-0.25, -0.2) is 0 Å². The van der Waals surface area contributed by atoms with Crippen LogP contribution < -0.4 is 16.8 Å². The number of aliphatic carboxylic acids is 1. The van der Waals surface area contributed by atoms with Crippen molar-refractivity contribution in [1.82, 2.24) is 5.32 Å². The highest BCUT2D eigenvalue weighted by molar-refractivity contribution is 5.88. The van der Waals surface area contributed by atoms with Crippen LogP contribution in [0.25, 0.3) is 0 Å². The fourth-order valence-corrected chi connectivity index (χ4v) is 0.856. The molecule has 0 aromatic rings. The Balaban J connectivity index is 3.80. The summed E-state index contributed by atoms with van der Waals surface area (Å²) >= 11 is 0. The number of amides is 1. The number of nitrogens with zero attached hydrogens (tertiary/aromatic N) is 2. The number of rotatable bonds is 7. The molecule has 8 heteroatoms. The monoisotopic (exact) mass is 243 g/mol. The van der Waals surface area contributed by atoms with Gasteiger partial charge in [0.2, 0.25) is 5.91 Å². The van der Waals surface area contributed by atoms with E-state index in [0.717, 1.165) is 0 Å². The third-order valence-corrected chi connectivity index (χ3v) is 1.60. The molecule has 0 rings (SSSR count). The molecule has 0 aliphatic heterocycles. The Labute approximate surface area is 98.8 Å². The molecule has 0 fully saturated rings. The summed E-state index contributed by atoms with van der Waals surface area (Å²) in [4.78, 5) is 21.4. The zero-order valence-electron chi connectivity index (χ0n) is 9.64. The molecule has 0 saturated heterocycles. The van der Waals surface area contributed by atoms with Crippen molar-refractivity contribution in [3.63, 3.8) is 0 Å². The number of hydrogen-bond acceptors (Lipinski definition) is 4. The van der Waals surface area contributed by atoms with Gasteiger partial charge in [0.25, 0.3) is 0 Å². The smallest absolute Gasteiger partial charge is 0.303 e. The maximum atomic E-state index is 11.2. The molecule has 6 N–H and O–H groups in total. The first-order chi connectivity index (χ1) is 7.91. The van der Waals surface area contributed by atoms with Crippen molar-refractivity contribution >= 4 is 23.5 Å². The predicted molar refractivity (Wildman–Crippen MR) is 63.4 cm³/mol. The second-order valence-corrected chi connectivity index (χ2v) is 3.36. The quantitative estimate of drug-likeness (QED) is 0.258. The van der Waals surface area contributed by atoms with Gasteiger partial charge >= 0.3 is 5.97 Å². The van der Waals surface area contributed by atoms with Crippen molar-refractivity contribution in [2.24, 2.45) is 21.7 Å². The SMILES string of the molecule is C/C(N)=N/N=C(\N)CNC(=O)CCCC(=O)O. The lowest BCUT2D eigenvalue weighted by Gasteiger charge is -2.02. The Morgan fingerprint density at radius 1 is 1.24 bits per heavy atom. The first kappa shape index (κ1) is 14.9. The largest absolute Gasteiger partial charge is 0.481 e. The first-order valence-electron chi connectivity index (χ1n) is 5.02. The molecule has 0 heterocycles. The Kier molecular flexibility index (Phi) is 7.07. The zero-order chi connectivity index (χ0) is 13.3. The lowest BCUT2D eigenvalue weighted by molar-refractivity contribution is -0.137. The summed E-state index contributed by atoms with van der Waals surface area (Å²) in [5.41, 5.74) is 10.7. The molecule has 8 nitrogen and oxygen atoms in total. The predicted octanol–water partition coefficient (Wildman–Crippen LogP) is -0.993. The average Bonchev–Trinajstić information content (AvgIpc) is 2.23. The van der Waals surface area contributed by atoms with E-state index in [-0.39, 0.29) is 43.4 Å². The number of carboxylic acid groups (broad SMARTS) is 1. The van der Waals surface area contributed by atoms with E-state index in [9.17, 15) is 9.59 Å². The number of nitrogens with two attached hydrogens (primary N) is 2. The van der Waals surface area contributed by atoms with Gasteiger partial charge in [0.15, 0.2) is 0 Å². The molecule has 0 atom stereocenters. The van der Waals surface area contributed by atoms with Crippen LogP contribution in [0.3, 0.4) is 0 Å². The molecule has 0 unspecified atom stereocenters. The summed E-state index contributed by atoms with van der Waals surface area (Å²) in [6, 6.07) is 0.